The number of amides is 1. The Bertz CT molecular complexity index is 989. The van der Waals surface area contributed by atoms with Crippen molar-refractivity contribution >= 4 is 23.7 Å². The second kappa shape index (κ2) is 9.67. The predicted molar refractivity (Wildman–Crippen MR) is 119 cm³/mol. The second-order valence-corrected chi connectivity index (χ2v) is 7.52. The van der Waals surface area contributed by atoms with E-state index in [0.717, 1.165) is 18.9 Å². The van der Waals surface area contributed by atoms with E-state index in [-0.39, 0.29) is 6.61 Å². The first-order valence-corrected chi connectivity index (χ1v) is 10.7. The van der Waals surface area contributed by atoms with Gasteiger partial charge in [-0.05, 0) is 25.1 Å². The molecule has 1 aromatic carbocycles. The number of piperazine rings is 1. The topological polar surface area (TPSA) is 96.4 Å². The molecule has 1 aromatic heterocycles. The number of pyridine rings is 1. The smallest absolute Gasteiger partial charge is 0.321 e. The summed E-state index contributed by atoms with van der Waals surface area (Å²) in [6.45, 7) is 4.72. The van der Waals surface area contributed by atoms with Gasteiger partial charge in [0.1, 0.15) is 17.6 Å². The number of aliphatic imine (C=N–C) groups is 1. The molecule has 1 fully saturated rings. The number of hydrogen-bond acceptors (Lipinski definition) is 8. The number of guanidine groups is 1. The van der Waals surface area contributed by atoms with Crippen molar-refractivity contribution < 1.29 is 19.1 Å². The number of benzene rings is 1. The maximum absolute atomic E-state index is 13.1. The Morgan fingerprint density at radius 3 is 2.50 bits per heavy atom. The number of methoxy groups -OCH3 is 1. The first kappa shape index (κ1) is 21.6. The van der Waals surface area contributed by atoms with Crippen LogP contribution in [0.3, 0.4) is 0 Å². The van der Waals surface area contributed by atoms with E-state index >= 15 is 0 Å². The molecule has 0 unspecified atom stereocenters. The Labute approximate surface area is 187 Å². The number of anilines is 1. The summed E-state index contributed by atoms with van der Waals surface area (Å²) < 4.78 is 10.7. The van der Waals surface area contributed by atoms with E-state index in [2.05, 4.69) is 15.2 Å². The van der Waals surface area contributed by atoms with Crippen molar-refractivity contribution in [1.82, 2.24) is 15.2 Å². The van der Waals surface area contributed by atoms with Crippen LogP contribution >= 0.6 is 0 Å². The Kier molecular flexibility index (Phi) is 6.53. The molecule has 168 valence electrons. The molecule has 0 radical (unpaired) electrons. The number of hydrogen-bond donors (Lipinski definition) is 1. The van der Waals surface area contributed by atoms with Crippen LogP contribution in [0.1, 0.15) is 18.5 Å². The Hall–Kier alpha value is -3.62. The third kappa shape index (κ3) is 4.37. The number of ether oxygens (including phenoxy) is 2. The van der Waals surface area contributed by atoms with Gasteiger partial charge in [0.15, 0.2) is 5.92 Å². The van der Waals surface area contributed by atoms with E-state index in [1.165, 1.54) is 0 Å². The van der Waals surface area contributed by atoms with Crippen molar-refractivity contribution in [2.75, 3.05) is 44.8 Å². The molecule has 2 aliphatic heterocycles. The molecule has 0 saturated carbocycles. The van der Waals surface area contributed by atoms with Crippen LogP contribution in [-0.2, 0) is 14.3 Å². The van der Waals surface area contributed by atoms with Gasteiger partial charge >= 0.3 is 5.97 Å². The van der Waals surface area contributed by atoms with Gasteiger partial charge in [-0.25, -0.2) is 9.98 Å². The molecule has 0 aliphatic carbocycles. The van der Waals surface area contributed by atoms with E-state index in [1.54, 1.807) is 26.3 Å². The molecule has 3 heterocycles. The summed E-state index contributed by atoms with van der Waals surface area (Å²) in [5, 5.41) is 2.83. The van der Waals surface area contributed by atoms with E-state index in [1.807, 2.05) is 41.3 Å². The fourth-order valence-corrected chi connectivity index (χ4v) is 4.05. The molecular formula is C23H27N5O4. The van der Waals surface area contributed by atoms with E-state index in [9.17, 15) is 9.59 Å². The van der Waals surface area contributed by atoms with Crippen LogP contribution < -0.4 is 15.0 Å². The van der Waals surface area contributed by atoms with Crippen LogP contribution in [0.25, 0.3) is 0 Å². The minimum absolute atomic E-state index is 0.188. The van der Waals surface area contributed by atoms with Crippen LogP contribution in [0.2, 0.25) is 0 Å². The number of rotatable bonds is 5. The zero-order chi connectivity index (χ0) is 22.5. The summed E-state index contributed by atoms with van der Waals surface area (Å²) in [7, 11) is 1.56. The molecule has 32 heavy (non-hydrogen) atoms. The third-order valence-corrected chi connectivity index (χ3v) is 5.65. The summed E-state index contributed by atoms with van der Waals surface area (Å²) in [4.78, 5) is 39.2. The first-order valence-electron chi connectivity index (χ1n) is 10.7. The van der Waals surface area contributed by atoms with E-state index in [4.69, 9.17) is 14.5 Å². The van der Waals surface area contributed by atoms with Gasteiger partial charge < -0.3 is 19.3 Å². The Morgan fingerprint density at radius 2 is 1.81 bits per heavy atom. The number of nitrogens with one attached hydrogen (secondary N) is 1. The monoisotopic (exact) mass is 437 g/mol. The van der Waals surface area contributed by atoms with Crippen molar-refractivity contribution in [3.05, 3.63) is 54.2 Å². The van der Waals surface area contributed by atoms with Gasteiger partial charge in [-0.3, -0.25) is 14.9 Å². The van der Waals surface area contributed by atoms with Gasteiger partial charge in [-0.15, -0.1) is 0 Å². The highest BCUT2D eigenvalue weighted by atomic mass is 16.5. The molecule has 2 aliphatic rings. The van der Waals surface area contributed by atoms with Gasteiger partial charge in [0.2, 0.25) is 11.9 Å². The number of nitrogens with zero attached hydrogens (tertiary/aromatic N) is 4. The van der Waals surface area contributed by atoms with Crippen LogP contribution in [0.15, 0.2) is 53.7 Å². The minimum Gasteiger partial charge on any atom is -0.496 e. The number of carbonyl (C=O) groups is 2. The fraction of sp³-hybridized carbons (Fsp3) is 0.391. The predicted octanol–water partition coefficient (Wildman–Crippen LogP) is 1.62. The lowest BCUT2D eigenvalue weighted by molar-refractivity contribution is -0.153. The number of esters is 1. The van der Waals surface area contributed by atoms with Crippen molar-refractivity contribution in [2.24, 2.45) is 10.9 Å². The molecule has 9 nitrogen and oxygen atoms in total. The highest BCUT2D eigenvalue weighted by Gasteiger charge is 2.43. The molecule has 1 amide bonds. The maximum Gasteiger partial charge on any atom is 0.321 e. The van der Waals surface area contributed by atoms with E-state index < -0.39 is 23.8 Å². The molecule has 0 spiro atoms. The lowest BCUT2D eigenvalue weighted by Crippen LogP contribution is -2.57. The Balaban J connectivity index is 1.60. The number of para-hydroxylation sites is 1. The molecule has 9 heteroatoms. The lowest BCUT2D eigenvalue weighted by Gasteiger charge is -2.39. The van der Waals surface area contributed by atoms with Crippen LogP contribution in [0.5, 0.6) is 5.75 Å². The van der Waals surface area contributed by atoms with Crippen LogP contribution in [0.4, 0.5) is 5.82 Å². The van der Waals surface area contributed by atoms with Gasteiger partial charge in [0.05, 0.1) is 13.7 Å². The van der Waals surface area contributed by atoms with Crippen molar-refractivity contribution in [3.8, 4) is 5.75 Å². The molecule has 2 aromatic rings. The Morgan fingerprint density at radius 1 is 1.09 bits per heavy atom. The molecule has 2 atom stereocenters. The number of carbonyl (C=O) groups excluding carboxylic acids is 2. The van der Waals surface area contributed by atoms with Gasteiger partial charge in [0.25, 0.3) is 0 Å². The zero-order valence-corrected chi connectivity index (χ0v) is 18.2. The third-order valence-electron chi connectivity index (χ3n) is 5.65. The molecule has 0 bridgehead atoms. The molecular weight excluding hydrogens is 410 g/mol. The highest BCUT2D eigenvalue weighted by molar-refractivity contribution is 6.08. The van der Waals surface area contributed by atoms with Gasteiger partial charge in [-0.2, -0.15) is 0 Å². The largest absolute Gasteiger partial charge is 0.496 e. The summed E-state index contributed by atoms with van der Waals surface area (Å²) in [6, 6.07) is 12.4. The fourth-order valence-electron chi connectivity index (χ4n) is 4.05. The quantitative estimate of drug-likeness (QED) is 0.561. The zero-order valence-electron chi connectivity index (χ0n) is 18.2. The first-order chi connectivity index (χ1) is 15.6. The molecule has 4 rings (SSSR count). The van der Waals surface area contributed by atoms with Crippen molar-refractivity contribution in [2.45, 2.75) is 13.0 Å². The van der Waals surface area contributed by atoms with Crippen LogP contribution in [0, 0.1) is 5.92 Å². The van der Waals surface area contributed by atoms with E-state index in [0.29, 0.717) is 30.4 Å². The van der Waals surface area contributed by atoms with Gasteiger partial charge in [-0.1, -0.05) is 24.3 Å². The minimum atomic E-state index is -1.08. The van der Waals surface area contributed by atoms with Crippen LogP contribution in [-0.4, -0.2) is 67.6 Å². The highest BCUT2D eigenvalue weighted by Crippen LogP contribution is 2.36. The maximum atomic E-state index is 13.1. The SMILES string of the molecule is CCOC(=O)[C@@H]1C(=O)NC(N2CCN(c3ccccn3)CC2)=N[C@@H]1c1ccccc1OC. The standard InChI is InChI=1S/C23H27N5O4/c1-3-32-22(30)19-20(16-8-4-5-9-17(16)31-2)25-23(26-21(19)29)28-14-12-27(13-15-28)18-10-6-7-11-24-18/h4-11,19-20H,3,12-15H2,1-2H3,(H,25,26,29)/t19-,20+/m0/s1. The lowest BCUT2D eigenvalue weighted by atomic mass is 9.90. The summed E-state index contributed by atoms with van der Waals surface area (Å²) >= 11 is 0. The average Bonchev–Trinajstić information content (AvgIpc) is 2.84. The van der Waals surface area contributed by atoms with Crippen molar-refractivity contribution in [1.29, 1.82) is 0 Å². The molecule has 1 saturated heterocycles. The number of aromatic nitrogens is 1. The summed E-state index contributed by atoms with van der Waals surface area (Å²) in [5.74, 6) is -0.127. The summed E-state index contributed by atoms with van der Waals surface area (Å²) in [6.07, 6.45) is 1.78. The summed E-state index contributed by atoms with van der Waals surface area (Å²) in [5.41, 5.74) is 0.674. The normalized spacial score (nSPS) is 20.9. The van der Waals surface area contributed by atoms with Gasteiger partial charge in [0, 0.05) is 37.9 Å². The average molecular weight is 438 g/mol. The van der Waals surface area contributed by atoms with Crippen molar-refractivity contribution in [3.63, 3.8) is 0 Å². The second-order valence-electron chi connectivity index (χ2n) is 7.52. The molecule has 1 N–H and O–H groups in total.